The molecule has 24 heavy (non-hydrogen) atoms. The number of hydrogen-bond donors (Lipinski definition) is 2. The molecule has 2 aliphatic rings. The molecule has 1 fully saturated rings. The van der Waals surface area contributed by atoms with Crippen LogP contribution in [0.1, 0.15) is 56.7 Å². The Kier molecular flexibility index (Phi) is 4.52. The van der Waals surface area contributed by atoms with Crippen LogP contribution >= 0.6 is 0 Å². The van der Waals surface area contributed by atoms with Crippen LogP contribution in [0.3, 0.4) is 0 Å². The summed E-state index contributed by atoms with van der Waals surface area (Å²) in [6, 6.07) is 4.36. The molecular weight excluding hydrogens is 306 g/mol. The van der Waals surface area contributed by atoms with E-state index in [1.54, 1.807) is 12.1 Å². The number of nitrogens with one attached hydrogen (secondary N) is 1. The van der Waals surface area contributed by atoms with E-state index in [0.29, 0.717) is 12.2 Å². The molecule has 1 aliphatic carbocycles. The molecule has 0 radical (unpaired) electrons. The summed E-state index contributed by atoms with van der Waals surface area (Å²) in [7, 11) is 0. The fourth-order valence-corrected chi connectivity index (χ4v) is 3.86. The molecule has 1 saturated carbocycles. The molecular formula is C19H25NO4. The lowest BCUT2D eigenvalue weighted by molar-refractivity contribution is -0.143. The van der Waals surface area contributed by atoms with Gasteiger partial charge in [0.05, 0.1) is 6.61 Å². The Morgan fingerprint density at radius 3 is 2.88 bits per heavy atom. The smallest absolute Gasteiger partial charge is 0.330 e. The van der Waals surface area contributed by atoms with Crippen molar-refractivity contribution < 1.29 is 19.4 Å². The van der Waals surface area contributed by atoms with Crippen molar-refractivity contribution in [3.8, 4) is 5.75 Å². The minimum atomic E-state index is -1.03. The second-order valence-electron chi connectivity index (χ2n) is 7.70. The lowest BCUT2D eigenvalue weighted by atomic mass is 9.72. The van der Waals surface area contributed by atoms with Crippen LogP contribution in [0.25, 0.3) is 0 Å². The zero-order valence-electron chi connectivity index (χ0n) is 14.3. The number of carboxylic acids is 1. The molecule has 2 N–H and O–H groups in total. The van der Waals surface area contributed by atoms with E-state index in [0.717, 1.165) is 43.4 Å². The first-order chi connectivity index (χ1) is 11.4. The van der Waals surface area contributed by atoms with Crippen LogP contribution in [0.15, 0.2) is 18.2 Å². The maximum Gasteiger partial charge on any atom is 0.330 e. The zero-order valence-corrected chi connectivity index (χ0v) is 14.3. The summed E-state index contributed by atoms with van der Waals surface area (Å²) in [5.41, 5.74) is 1.76. The van der Waals surface area contributed by atoms with Gasteiger partial charge >= 0.3 is 5.97 Å². The van der Waals surface area contributed by atoms with Gasteiger partial charge in [0.15, 0.2) is 6.04 Å². The summed E-state index contributed by atoms with van der Waals surface area (Å²) < 4.78 is 5.46. The molecule has 1 aromatic carbocycles. The number of aliphatic carboxylic acids is 1. The second-order valence-corrected chi connectivity index (χ2v) is 7.70. The van der Waals surface area contributed by atoms with Crippen molar-refractivity contribution in [1.82, 2.24) is 5.32 Å². The second kappa shape index (κ2) is 6.46. The van der Waals surface area contributed by atoms with Gasteiger partial charge < -0.3 is 15.2 Å². The van der Waals surface area contributed by atoms with Crippen LogP contribution < -0.4 is 10.1 Å². The average molecular weight is 331 g/mol. The first kappa shape index (κ1) is 16.8. The van der Waals surface area contributed by atoms with Gasteiger partial charge in [-0.25, -0.2) is 4.79 Å². The highest BCUT2D eigenvalue weighted by atomic mass is 16.5. The minimum absolute atomic E-state index is 0.103. The van der Waals surface area contributed by atoms with E-state index in [1.807, 2.05) is 6.07 Å². The van der Waals surface area contributed by atoms with E-state index in [4.69, 9.17) is 4.74 Å². The summed E-state index contributed by atoms with van der Waals surface area (Å²) in [4.78, 5) is 24.3. The van der Waals surface area contributed by atoms with E-state index in [-0.39, 0.29) is 17.2 Å². The Morgan fingerprint density at radius 2 is 2.17 bits per heavy atom. The molecule has 0 aromatic heterocycles. The van der Waals surface area contributed by atoms with Gasteiger partial charge in [-0.3, -0.25) is 4.79 Å². The molecule has 5 nitrogen and oxygen atoms in total. The summed E-state index contributed by atoms with van der Waals surface area (Å²) in [5.74, 6) is -0.471. The van der Waals surface area contributed by atoms with Crippen LogP contribution in [-0.2, 0) is 16.0 Å². The predicted octanol–water partition coefficient (Wildman–Crippen LogP) is 3.08. The Hall–Kier alpha value is -2.04. The van der Waals surface area contributed by atoms with E-state index < -0.39 is 12.0 Å². The molecule has 1 aromatic rings. The maximum atomic E-state index is 12.6. The molecule has 0 saturated heterocycles. The summed E-state index contributed by atoms with van der Waals surface area (Å²) in [6.45, 7) is 4.96. The molecule has 130 valence electrons. The number of benzene rings is 1. The van der Waals surface area contributed by atoms with E-state index in [1.165, 1.54) is 0 Å². The third kappa shape index (κ3) is 3.55. The summed E-state index contributed by atoms with van der Waals surface area (Å²) in [6.07, 6.45) is 4.55. The Balaban J connectivity index is 1.74. The Morgan fingerprint density at radius 1 is 1.38 bits per heavy atom. The van der Waals surface area contributed by atoms with Crippen LogP contribution in [0.2, 0.25) is 0 Å². The topological polar surface area (TPSA) is 75.6 Å². The molecule has 5 heteroatoms. The first-order valence-corrected chi connectivity index (χ1v) is 8.64. The highest BCUT2D eigenvalue weighted by molar-refractivity contribution is 5.86. The molecule has 2 unspecified atom stereocenters. The first-order valence-electron chi connectivity index (χ1n) is 8.64. The number of rotatable bonds is 4. The lowest BCUT2D eigenvalue weighted by Crippen LogP contribution is -2.40. The normalized spacial score (nSPS) is 23.0. The molecule has 1 amide bonds. The van der Waals surface area contributed by atoms with Crippen LogP contribution in [-0.4, -0.2) is 23.6 Å². The van der Waals surface area contributed by atoms with Crippen LogP contribution in [0, 0.1) is 11.3 Å². The summed E-state index contributed by atoms with van der Waals surface area (Å²) >= 11 is 0. The van der Waals surface area contributed by atoms with Crippen LogP contribution in [0.4, 0.5) is 0 Å². The number of amides is 1. The monoisotopic (exact) mass is 331 g/mol. The number of carboxylic acid groups (broad SMARTS) is 1. The SMILES string of the molecule is CC1(C)CCCC(C(=O)NC(C(=O)O)c2ccc3c(c2)CCO3)C1. The van der Waals surface area contributed by atoms with Gasteiger partial charge in [-0.1, -0.05) is 26.3 Å². The maximum absolute atomic E-state index is 12.6. The quantitative estimate of drug-likeness (QED) is 0.889. The molecule has 2 atom stereocenters. The Labute approximate surface area is 142 Å². The molecule has 0 bridgehead atoms. The molecule has 1 aliphatic heterocycles. The number of carbonyl (C=O) groups excluding carboxylic acids is 1. The van der Waals surface area contributed by atoms with E-state index >= 15 is 0 Å². The van der Waals surface area contributed by atoms with Crippen molar-refractivity contribution in [2.24, 2.45) is 11.3 Å². The van der Waals surface area contributed by atoms with Crippen molar-refractivity contribution in [3.63, 3.8) is 0 Å². The molecule has 0 spiro atoms. The predicted molar refractivity (Wildman–Crippen MR) is 89.9 cm³/mol. The van der Waals surface area contributed by atoms with E-state index in [2.05, 4.69) is 19.2 Å². The van der Waals surface area contributed by atoms with Gasteiger partial charge in [-0.15, -0.1) is 0 Å². The fourth-order valence-electron chi connectivity index (χ4n) is 3.86. The van der Waals surface area contributed by atoms with Gasteiger partial charge in [-0.05, 0) is 47.9 Å². The zero-order chi connectivity index (χ0) is 17.3. The standard InChI is InChI=1S/C19H25NO4/c1-19(2)8-3-4-14(11-19)17(21)20-16(18(22)23)13-5-6-15-12(10-13)7-9-24-15/h5-6,10,14,16H,3-4,7-9,11H2,1-2H3,(H,20,21)(H,22,23). The highest BCUT2D eigenvalue weighted by Crippen LogP contribution is 2.39. The van der Waals surface area contributed by atoms with E-state index in [9.17, 15) is 14.7 Å². The summed E-state index contributed by atoms with van der Waals surface area (Å²) in [5, 5.41) is 12.3. The highest BCUT2D eigenvalue weighted by Gasteiger charge is 2.34. The van der Waals surface area contributed by atoms with Crippen molar-refractivity contribution in [1.29, 1.82) is 0 Å². The molecule has 3 rings (SSSR count). The fraction of sp³-hybridized carbons (Fsp3) is 0.579. The average Bonchev–Trinajstić information content (AvgIpc) is 2.98. The van der Waals surface area contributed by atoms with Gasteiger partial charge in [0, 0.05) is 12.3 Å². The minimum Gasteiger partial charge on any atom is -0.493 e. The number of carbonyl (C=O) groups is 2. The van der Waals surface area contributed by atoms with Crippen molar-refractivity contribution in [2.75, 3.05) is 6.61 Å². The van der Waals surface area contributed by atoms with Gasteiger partial charge in [0.1, 0.15) is 5.75 Å². The van der Waals surface area contributed by atoms with Gasteiger partial charge in [0.2, 0.25) is 5.91 Å². The van der Waals surface area contributed by atoms with Crippen LogP contribution in [0.5, 0.6) is 5.75 Å². The largest absolute Gasteiger partial charge is 0.493 e. The number of ether oxygens (including phenoxy) is 1. The lowest BCUT2D eigenvalue weighted by Gasteiger charge is -2.34. The van der Waals surface area contributed by atoms with Crippen molar-refractivity contribution >= 4 is 11.9 Å². The molecule has 1 heterocycles. The number of fused-ring (bicyclic) bond motifs is 1. The van der Waals surface area contributed by atoms with Gasteiger partial charge in [0.25, 0.3) is 0 Å². The Bertz CT molecular complexity index is 653. The third-order valence-corrected chi connectivity index (χ3v) is 5.16. The third-order valence-electron chi connectivity index (χ3n) is 5.16. The number of hydrogen-bond acceptors (Lipinski definition) is 3. The van der Waals surface area contributed by atoms with Crippen molar-refractivity contribution in [3.05, 3.63) is 29.3 Å². The van der Waals surface area contributed by atoms with Crippen molar-refractivity contribution in [2.45, 2.75) is 52.0 Å². The van der Waals surface area contributed by atoms with Gasteiger partial charge in [-0.2, -0.15) is 0 Å².